The molecule has 0 heterocycles. The molecular formula is C14H17O2P. The van der Waals surface area contributed by atoms with Crippen molar-refractivity contribution >= 4 is 9.03 Å². The van der Waals surface area contributed by atoms with E-state index in [1.165, 1.54) is 11.1 Å². The molecule has 0 N–H and O–H groups in total. The molecule has 1 aliphatic rings. The largest absolute Gasteiger partial charge is 0.331 e. The first-order chi connectivity index (χ1) is 8.45. The molecule has 1 unspecified atom stereocenters. The number of hydrogen-bond donors (Lipinski definition) is 0. The molecule has 3 heteroatoms. The van der Waals surface area contributed by atoms with Crippen LogP contribution in [0.2, 0.25) is 0 Å². The third kappa shape index (κ3) is 4.82. The highest BCUT2D eigenvalue weighted by atomic mass is 31.1. The van der Waals surface area contributed by atoms with E-state index in [9.17, 15) is 0 Å². The van der Waals surface area contributed by atoms with Gasteiger partial charge in [0, 0.05) is 0 Å². The van der Waals surface area contributed by atoms with E-state index in [4.69, 9.17) is 9.05 Å². The van der Waals surface area contributed by atoms with Gasteiger partial charge in [-0.15, -0.1) is 0 Å². The van der Waals surface area contributed by atoms with Crippen molar-refractivity contribution in [2.24, 2.45) is 0 Å². The van der Waals surface area contributed by atoms with Crippen LogP contribution in [-0.2, 0) is 15.7 Å². The summed E-state index contributed by atoms with van der Waals surface area (Å²) < 4.78 is 10.9. The quantitative estimate of drug-likeness (QED) is 0.559. The minimum absolute atomic E-state index is 0.107. The molecule has 0 aromatic heterocycles. The fourth-order valence-corrected chi connectivity index (χ4v) is 2.15. The summed E-state index contributed by atoms with van der Waals surface area (Å²) in [6.07, 6.45) is 8.82. The average Bonchev–Trinajstić information content (AvgIpc) is 2.41. The van der Waals surface area contributed by atoms with Crippen molar-refractivity contribution in [3.8, 4) is 0 Å². The van der Waals surface area contributed by atoms with Crippen molar-refractivity contribution in [2.45, 2.75) is 19.4 Å². The second kappa shape index (κ2) is 7.39. The van der Waals surface area contributed by atoms with Gasteiger partial charge in [0.15, 0.2) is 9.03 Å². The zero-order valence-corrected chi connectivity index (χ0v) is 10.8. The van der Waals surface area contributed by atoms with Crippen LogP contribution in [0, 0.1) is 0 Å². The molecule has 0 fully saturated rings. The number of hydrogen-bond acceptors (Lipinski definition) is 2. The lowest BCUT2D eigenvalue weighted by molar-refractivity contribution is 0.274. The van der Waals surface area contributed by atoms with Crippen molar-refractivity contribution in [1.82, 2.24) is 0 Å². The third-order valence-corrected chi connectivity index (χ3v) is 3.03. The van der Waals surface area contributed by atoms with Crippen molar-refractivity contribution in [3.05, 3.63) is 59.7 Å². The Hall–Kier alpha value is -0.950. The lowest BCUT2D eigenvalue weighted by Gasteiger charge is -2.08. The van der Waals surface area contributed by atoms with Crippen LogP contribution in [0.4, 0.5) is 0 Å². The zero-order valence-electron chi connectivity index (χ0n) is 9.76. The lowest BCUT2D eigenvalue weighted by atomic mass is 10.1. The Labute approximate surface area is 104 Å². The zero-order chi connectivity index (χ0) is 11.8. The Kier molecular flexibility index (Phi) is 5.44. The molecule has 0 saturated carbocycles. The van der Waals surface area contributed by atoms with E-state index >= 15 is 0 Å². The lowest BCUT2D eigenvalue weighted by Crippen LogP contribution is -1.93. The first kappa shape index (κ1) is 12.5. The van der Waals surface area contributed by atoms with Crippen LogP contribution in [0.25, 0.3) is 0 Å². The van der Waals surface area contributed by atoms with Crippen molar-refractivity contribution in [1.29, 1.82) is 0 Å². The van der Waals surface area contributed by atoms with Gasteiger partial charge in [0.2, 0.25) is 0 Å². The standard InChI is InChI=1S/C14H17O2P/c1-3-7-13(8-4-1)11-15-17-16-12-14-9-5-2-6-10-14/h1,3-5,7-10,17H,2,6,11-12H2. The normalized spacial score (nSPS) is 15.4. The number of allylic oxidation sites excluding steroid dienone is 2. The van der Waals surface area contributed by atoms with Gasteiger partial charge in [-0.25, -0.2) is 0 Å². The Morgan fingerprint density at radius 3 is 2.59 bits per heavy atom. The van der Waals surface area contributed by atoms with Crippen LogP contribution in [0.5, 0.6) is 0 Å². The summed E-state index contributed by atoms with van der Waals surface area (Å²) in [6, 6.07) is 10.1. The summed E-state index contributed by atoms with van der Waals surface area (Å²) in [6.45, 7) is 1.28. The molecule has 2 rings (SSSR count). The van der Waals surface area contributed by atoms with E-state index in [2.05, 4.69) is 30.4 Å². The summed E-state index contributed by atoms with van der Waals surface area (Å²) in [7, 11) is 0.107. The number of benzene rings is 1. The van der Waals surface area contributed by atoms with E-state index < -0.39 is 0 Å². The molecule has 2 nitrogen and oxygen atoms in total. The maximum atomic E-state index is 5.48. The Morgan fingerprint density at radius 2 is 1.82 bits per heavy atom. The smallest absolute Gasteiger partial charge is 0.155 e. The second-order valence-corrected chi connectivity index (χ2v) is 4.65. The Bertz CT molecular complexity index is 384. The second-order valence-electron chi connectivity index (χ2n) is 3.91. The molecule has 0 radical (unpaired) electrons. The Morgan fingerprint density at radius 1 is 1.00 bits per heavy atom. The molecule has 1 aromatic rings. The summed E-state index contributed by atoms with van der Waals surface area (Å²) in [5.74, 6) is 0. The summed E-state index contributed by atoms with van der Waals surface area (Å²) >= 11 is 0. The van der Waals surface area contributed by atoms with Crippen molar-refractivity contribution in [3.63, 3.8) is 0 Å². The molecular weight excluding hydrogens is 231 g/mol. The van der Waals surface area contributed by atoms with Crippen LogP contribution < -0.4 is 0 Å². The Balaban J connectivity index is 1.58. The van der Waals surface area contributed by atoms with Gasteiger partial charge in [-0.1, -0.05) is 48.6 Å². The minimum atomic E-state index is 0.107. The van der Waals surface area contributed by atoms with Crippen LogP contribution >= 0.6 is 9.03 Å². The number of rotatable bonds is 6. The van der Waals surface area contributed by atoms with E-state index in [-0.39, 0.29) is 9.03 Å². The van der Waals surface area contributed by atoms with Gasteiger partial charge in [0.25, 0.3) is 0 Å². The highest BCUT2D eigenvalue weighted by Crippen LogP contribution is 2.19. The molecule has 17 heavy (non-hydrogen) atoms. The molecule has 0 saturated heterocycles. The fourth-order valence-electron chi connectivity index (χ4n) is 1.62. The molecule has 1 aromatic carbocycles. The van der Waals surface area contributed by atoms with E-state index in [0.717, 1.165) is 12.8 Å². The maximum absolute atomic E-state index is 5.48. The summed E-state index contributed by atoms with van der Waals surface area (Å²) in [5, 5.41) is 0. The first-order valence-corrected chi connectivity index (χ1v) is 6.65. The van der Waals surface area contributed by atoms with Gasteiger partial charge in [0.1, 0.15) is 0 Å². The maximum Gasteiger partial charge on any atom is 0.155 e. The third-order valence-electron chi connectivity index (χ3n) is 2.51. The van der Waals surface area contributed by atoms with E-state index in [1.807, 2.05) is 18.2 Å². The predicted octanol–water partition coefficient (Wildman–Crippen LogP) is 4.00. The van der Waals surface area contributed by atoms with Gasteiger partial charge in [-0.3, -0.25) is 0 Å². The molecule has 0 amide bonds. The van der Waals surface area contributed by atoms with Gasteiger partial charge in [-0.05, 0) is 24.0 Å². The molecule has 0 aliphatic heterocycles. The van der Waals surface area contributed by atoms with Crippen LogP contribution in [0.1, 0.15) is 18.4 Å². The SMILES string of the molecule is C1=CC(COPOCc2ccccc2)=CCC1. The molecule has 1 aliphatic carbocycles. The van der Waals surface area contributed by atoms with Gasteiger partial charge < -0.3 is 9.05 Å². The van der Waals surface area contributed by atoms with Crippen LogP contribution in [0.3, 0.4) is 0 Å². The molecule has 90 valence electrons. The van der Waals surface area contributed by atoms with Crippen LogP contribution in [-0.4, -0.2) is 6.61 Å². The average molecular weight is 248 g/mol. The van der Waals surface area contributed by atoms with E-state index in [0.29, 0.717) is 13.2 Å². The van der Waals surface area contributed by atoms with E-state index in [1.54, 1.807) is 0 Å². The highest BCUT2D eigenvalue weighted by Gasteiger charge is 1.98. The first-order valence-electron chi connectivity index (χ1n) is 5.83. The summed E-state index contributed by atoms with van der Waals surface area (Å²) in [4.78, 5) is 0. The molecule has 1 atom stereocenters. The summed E-state index contributed by atoms with van der Waals surface area (Å²) in [5.41, 5.74) is 2.44. The van der Waals surface area contributed by atoms with Crippen molar-refractivity contribution in [2.75, 3.05) is 6.61 Å². The topological polar surface area (TPSA) is 18.5 Å². The molecule has 0 bridgehead atoms. The predicted molar refractivity (Wildman–Crippen MR) is 72.0 cm³/mol. The fraction of sp³-hybridized carbons (Fsp3) is 0.286. The van der Waals surface area contributed by atoms with Gasteiger partial charge >= 0.3 is 0 Å². The van der Waals surface area contributed by atoms with Crippen molar-refractivity contribution < 1.29 is 9.05 Å². The highest BCUT2D eigenvalue weighted by molar-refractivity contribution is 7.26. The van der Waals surface area contributed by atoms with Gasteiger partial charge in [0.05, 0.1) is 13.2 Å². The van der Waals surface area contributed by atoms with Crippen LogP contribution in [0.15, 0.2) is 54.1 Å². The minimum Gasteiger partial charge on any atom is -0.331 e. The van der Waals surface area contributed by atoms with Gasteiger partial charge in [-0.2, -0.15) is 0 Å². The molecule has 0 spiro atoms. The monoisotopic (exact) mass is 248 g/mol.